The molecule has 2 N–H and O–H groups in total. The van der Waals surface area contributed by atoms with E-state index in [1.54, 1.807) is 20.8 Å². The van der Waals surface area contributed by atoms with Crippen LogP contribution in [0.25, 0.3) is 0 Å². The van der Waals surface area contributed by atoms with E-state index >= 15 is 0 Å². The predicted molar refractivity (Wildman–Crippen MR) is 86.9 cm³/mol. The Morgan fingerprint density at radius 2 is 1.84 bits per heavy atom. The van der Waals surface area contributed by atoms with E-state index in [0.29, 0.717) is 0 Å². The normalized spacial score (nSPS) is 13.1. The van der Waals surface area contributed by atoms with Gasteiger partial charge in [0.2, 0.25) is 5.91 Å². The van der Waals surface area contributed by atoms with Gasteiger partial charge in [-0.25, -0.2) is 4.79 Å². The predicted octanol–water partition coefficient (Wildman–Crippen LogP) is 3.80. The molecule has 1 atom stereocenters. The van der Waals surface area contributed by atoms with Gasteiger partial charge in [0.25, 0.3) is 0 Å². The smallest absolute Gasteiger partial charge is 0.416 e. The molecule has 0 aliphatic heterocycles. The van der Waals surface area contributed by atoms with Gasteiger partial charge < -0.3 is 15.4 Å². The number of alkyl halides is 3. The molecule has 2 amide bonds. The van der Waals surface area contributed by atoms with Crippen LogP contribution in [0, 0.1) is 0 Å². The Kier molecular flexibility index (Phi) is 6.84. The Balaban J connectivity index is 2.97. The lowest BCUT2D eigenvalue weighted by molar-refractivity contribution is -0.137. The zero-order chi connectivity index (χ0) is 19.3. The molecule has 0 saturated carbocycles. The molecule has 0 heterocycles. The average molecular weight is 360 g/mol. The first-order valence-corrected chi connectivity index (χ1v) is 7.79. The van der Waals surface area contributed by atoms with Crippen molar-refractivity contribution in [1.82, 2.24) is 10.6 Å². The van der Waals surface area contributed by atoms with Gasteiger partial charge in [-0.3, -0.25) is 4.79 Å². The molecule has 140 valence electrons. The number of carbonyl (C=O) groups is 2. The zero-order valence-corrected chi connectivity index (χ0v) is 14.7. The first-order chi connectivity index (χ1) is 11.4. The number of rotatable bonds is 5. The van der Waals surface area contributed by atoms with Crippen LogP contribution in [0.4, 0.5) is 18.0 Å². The van der Waals surface area contributed by atoms with Crippen molar-refractivity contribution in [1.29, 1.82) is 0 Å². The highest BCUT2D eigenvalue weighted by atomic mass is 19.4. The molecule has 1 aromatic carbocycles. The third-order valence-corrected chi connectivity index (χ3v) is 3.11. The van der Waals surface area contributed by atoms with Crippen LogP contribution in [0.2, 0.25) is 0 Å². The van der Waals surface area contributed by atoms with Crippen LogP contribution in [0.3, 0.4) is 0 Å². The summed E-state index contributed by atoms with van der Waals surface area (Å²) in [4.78, 5) is 23.0. The Labute approximate surface area is 144 Å². The summed E-state index contributed by atoms with van der Waals surface area (Å²) in [7, 11) is 0. The van der Waals surface area contributed by atoms with E-state index in [1.807, 2.05) is 0 Å². The molecule has 0 aliphatic carbocycles. The second-order valence-electron chi connectivity index (χ2n) is 6.59. The van der Waals surface area contributed by atoms with Crippen molar-refractivity contribution in [3.05, 3.63) is 35.4 Å². The highest BCUT2D eigenvalue weighted by Gasteiger charge is 2.31. The summed E-state index contributed by atoms with van der Waals surface area (Å²) in [6.45, 7) is 6.59. The van der Waals surface area contributed by atoms with Crippen molar-refractivity contribution in [2.24, 2.45) is 0 Å². The van der Waals surface area contributed by atoms with Gasteiger partial charge in [-0.15, -0.1) is 0 Å². The SMILES string of the molecule is CC(=O)NCCC(NC(=O)OC(C)(C)C)c1cccc(C(F)(F)F)c1. The number of amides is 2. The van der Waals surface area contributed by atoms with E-state index in [9.17, 15) is 22.8 Å². The molecule has 0 aromatic heterocycles. The molecule has 8 heteroatoms. The highest BCUT2D eigenvalue weighted by molar-refractivity contribution is 5.72. The second kappa shape index (κ2) is 8.22. The van der Waals surface area contributed by atoms with E-state index in [2.05, 4.69) is 10.6 Å². The maximum Gasteiger partial charge on any atom is 0.416 e. The minimum atomic E-state index is -4.48. The maximum atomic E-state index is 12.9. The van der Waals surface area contributed by atoms with E-state index in [1.165, 1.54) is 19.1 Å². The fourth-order valence-electron chi connectivity index (χ4n) is 2.10. The molecule has 0 aliphatic rings. The zero-order valence-electron chi connectivity index (χ0n) is 14.7. The first kappa shape index (κ1) is 20.8. The molecule has 1 rings (SSSR count). The summed E-state index contributed by atoms with van der Waals surface area (Å²) in [6, 6.07) is 3.98. The molecule has 1 aromatic rings. The van der Waals surface area contributed by atoms with Crippen LogP contribution < -0.4 is 10.6 Å². The summed E-state index contributed by atoms with van der Waals surface area (Å²) in [5.74, 6) is -0.264. The van der Waals surface area contributed by atoms with Crippen molar-refractivity contribution < 1.29 is 27.5 Å². The van der Waals surface area contributed by atoms with Crippen LogP contribution in [0.15, 0.2) is 24.3 Å². The summed E-state index contributed by atoms with van der Waals surface area (Å²) in [5.41, 5.74) is -1.26. The number of carbonyl (C=O) groups excluding carboxylic acids is 2. The number of hydrogen-bond donors (Lipinski definition) is 2. The number of benzene rings is 1. The summed E-state index contributed by atoms with van der Waals surface area (Å²) >= 11 is 0. The fourth-order valence-corrected chi connectivity index (χ4v) is 2.10. The molecular formula is C17H23F3N2O3. The number of halogens is 3. The van der Waals surface area contributed by atoms with E-state index in [4.69, 9.17) is 4.74 Å². The second-order valence-corrected chi connectivity index (χ2v) is 6.59. The van der Waals surface area contributed by atoms with Crippen LogP contribution in [-0.4, -0.2) is 24.1 Å². The standard InChI is InChI=1S/C17H23F3N2O3/c1-11(23)21-9-8-14(22-15(24)25-16(2,3)4)12-6-5-7-13(10-12)17(18,19)20/h5-7,10,14H,8-9H2,1-4H3,(H,21,23)(H,22,24). The molecule has 0 bridgehead atoms. The minimum absolute atomic E-state index is 0.200. The van der Waals surface area contributed by atoms with Gasteiger partial charge in [0.15, 0.2) is 0 Å². The number of nitrogens with one attached hydrogen (secondary N) is 2. The number of hydrogen-bond acceptors (Lipinski definition) is 3. The molecule has 1 unspecified atom stereocenters. The van der Waals surface area contributed by atoms with Crippen molar-refractivity contribution >= 4 is 12.0 Å². The van der Waals surface area contributed by atoms with Gasteiger partial charge in [0.05, 0.1) is 11.6 Å². The molecule has 0 spiro atoms. The third kappa shape index (κ3) is 7.91. The molecule has 0 saturated heterocycles. The van der Waals surface area contributed by atoms with Crippen molar-refractivity contribution in [3.63, 3.8) is 0 Å². The Bertz CT molecular complexity index is 610. The van der Waals surface area contributed by atoms with E-state index < -0.39 is 29.5 Å². The van der Waals surface area contributed by atoms with E-state index in [0.717, 1.165) is 12.1 Å². The summed E-state index contributed by atoms with van der Waals surface area (Å²) < 4.78 is 43.9. The quantitative estimate of drug-likeness (QED) is 0.839. The van der Waals surface area contributed by atoms with Crippen molar-refractivity contribution in [3.8, 4) is 0 Å². The monoisotopic (exact) mass is 360 g/mol. The molecule has 5 nitrogen and oxygen atoms in total. The Morgan fingerprint density at radius 3 is 2.36 bits per heavy atom. The van der Waals surface area contributed by atoms with Crippen molar-refractivity contribution in [2.75, 3.05) is 6.54 Å². The Hall–Kier alpha value is -2.25. The van der Waals surface area contributed by atoms with Gasteiger partial charge >= 0.3 is 12.3 Å². The first-order valence-electron chi connectivity index (χ1n) is 7.79. The lowest BCUT2D eigenvalue weighted by Crippen LogP contribution is -2.36. The molecule has 0 fully saturated rings. The van der Waals surface area contributed by atoms with Gasteiger partial charge in [-0.05, 0) is 44.9 Å². The molecular weight excluding hydrogens is 337 g/mol. The molecule has 0 radical (unpaired) electrons. The maximum absolute atomic E-state index is 12.9. The fraction of sp³-hybridized carbons (Fsp3) is 0.529. The Morgan fingerprint density at radius 1 is 1.20 bits per heavy atom. The van der Waals surface area contributed by atoms with Gasteiger partial charge in [0, 0.05) is 13.5 Å². The molecule has 25 heavy (non-hydrogen) atoms. The lowest BCUT2D eigenvalue weighted by atomic mass is 10.0. The number of alkyl carbamates (subject to hydrolysis) is 1. The van der Waals surface area contributed by atoms with Crippen molar-refractivity contribution in [2.45, 2.75) is 51.9 Å². The van der Waals surface area contributed by atoms with E-state index in [-0.39, 0.29) is 24.4 Å². The van der Waals surface area contributed by atoms with Crippen LogP contribution >= 0.6 is 0 Å². The topological polar surface area (TPSA) is 67.4 Å². The van der Waals surface area contributed by atoms with Crippen LogP contribution in [0.5, 0.6) is 0 Å². The average Bonchev–Trinajstić information content (AvgIpc) is 2.43. The van der Waals surface area contributed by atoms with Gasteiger partial charge in [0.1, 0.15) is 5.60 Å². The minimum Gasteiger partial charge on any atom is -0.444 e. The summed E-state index contributed by atoms with van der Waals surface area (Å²) in [5, 5.41) is 5.12. The van der Waals surface area contributed by atoms with Gasteiger partial charge in [-0.2, -0.15) is 13.2 Å². The third-order valence-electron chi connectivity index (χ3n) is 3.11. The largest absolute Gasteiger partial charge is 0.444 e. The van der Waals surface area contributed by atoms with Gasteiger partial charge in [-0.1, -0.05) is 12.1 Å². The lowest BCUT2D eigenvalue weighted by Gasteiger charge is -2.24. The highest BCUT2D eigenvalue weighted by Crippen LogP contribution is 2.31. The van der Waals surface area contributed by atoms with Crippen LogP contribution in [-0.2, 0) is 15.7 Å². The summed E-state index contributed by atoms with van der Waals surface area (Å²) in [6.07, 6.45) is -5.00. The number of ether oxygens (including phenoxy) is 1. The van der Waals surface area contributed by atoms with Crippen LogP contribution in [0.1, 0.15) is 51.3 Å².